The maximum absolute atomic E-state index is 13.8. The third-order valence-corrected chi connectivity index (χ3v) is 2.78. The smallest absolute Gasteiger partial charge is 0.381 e. The predicted molar refractivity (Wildman–Crippen MR) is 64.8 cm³/mol. The molecule has 8 heteroatoms. The summed E-state index contributed by atoms with van der Waals surface area (Å²) in [5.41, 5.74) is 4.69. The van der Waals surface area contributed by atoms with Gasteiger partial charge in [-0.2, -0.15) is 13.2 Å². The molecule has 4 nitrogen and oxygen atoms in total. The Hall–Kier alpha value is -2.12. The summed E-state index contributed by atoms with van der Waals surface area (Å²) in [6.07, 6.45) is -4.56. The Labute approximate surface area is 112 Å². The molecule has 0 aliphatic rings. The van der Waals surface area contributed by atoms with Crippen molar-refractivity contribution in [3.63, 3.8) is 0 Å². The highest BCUT2D eigenvalue weighted by molar-refractivity contribution is 5.45. The second-order valence-corrected chi connectivity index (χ2v) is 4.59. The minimum atomic E-state index is -4.56. The molecule has 1 aromatic heterocycles. The summed E-state index contributed by atoms with van der Waals surface area (Å²) in [7, 11) is 0. The number of nitrogens with two attached hydrogens (primary N) is 1. The molecule has 0 saturated carbocycles. The third-order valence-electron chi connectivity index (χ3n) is 2.78. The van der Waals surface area contributed by atoms with E-state index >= 15 is 0 Å². The number of nitrogen functional groups attached to an aromatic ring is 1. The number of anilines is 1. The van der Waals surface area contributed by atoms with Gasteiger partial charge in [0.05, 0.1) is 11.3 Å². The van der Waals surface area contributed by atoms with Gasteiger partial charge in [0.25, 0.3) is 0 Å². The van der Waals surface area contributed by atoms with Crippen molar-refractivity contribution >= 4 is 5.82 Å². The number of benzene rings is 1. The average Bonchev–Trinajstić information content (AvgIpc) is 2.70. The van der Waals surface area contributed by atoms with Crippen molar-refractivity contribution in [3.8, 4) is 5.69 Å². The van der Waals surface area contributed by atoms with E-state index in [9.17, 15) is 17.6 Å². The minimum Gasteiger partial charge on any atom is -0.381 e. The van der Waals surface area contributed by atoms with E-state index in [2.05, 4.69) is 10.3 Å². The molecular formula is C12H12F4N4. The second-order valence-electron chi connectivity index (χ2n) is 4.59. The zero-order chi connectivity index (χ0) is 15.1. The largest absolute Gasteiger partial charge is 0.416 e. The molecule has 0 saturated heterocycles. The van der Waals surface area contributed by atoms with Crippen LogP contribution in [-0.2, 0) is 6.18 Å². The second kappa shape index (κ2) is 4.77. The van der Waals surface area contributed by atoms with Crippen LogP contribution < -0.4 is 5.73 Å². The normalized spacial score (nSPS) is 12.2. The highest BCUT2D eigenvalue weighted by atomic mass is 19.4. The van der Waals surface area contributed by atoms with Gasteiger partial charge in [0, 0.05) is 0 Å². The van der Waals surface area contributed by atoms with Crippen LogP contribution in [0.25, 0.3) is 5.69 Å². The van der Waals surface area contributed by atoms with Crippen LogP contribution in [0, 0.1) is 5.82 Å². The van der Waals surface area contributed by atoms with Crippen LogP contribution in [0.3, 0.4) is 0 Å². The lowest BCUT2D eigenvalue weighted by molar-refractivity contribution is -0.137. The van der Waals surface area contributed by atoms with E-state index < -0.39 is 17.6 Å². The van der Waals surface area contributed by atoms with Crippen LogP contribution in [-0.4, -0.2) is 15.0 Å². The number of hydrogen-bond acceptors (Lipinski definition) is 3. The molecule has 2 N–H and O–H groups in total. The Bertz CT molecular complexity index is 631. The van der Waals surface area contributed by atoms with Crippen LogP contribution in [0.4, 0.5) is 23.4 Å². The monoisotopic (exact) mass is 288 g/mol. The fourth-order valence-electron chi connectivity index (χ4n) is 1.87. The highest BCUT2D eigenvalue weighted by Gasteiger charge is 2.32. The number of nitrogens with zero attached hydrogens (tertiary/aromatic N) is 3. The van der Waals surface area contributed by atoms with Crippen LogP contribution in [0.1, 0.15) is 31.0 Å². The molecular weight excluding hydrogens is 276 g/mol. The van der Waals surface area contributed by atoms with Gasteiger partial charge in [-0.15, -0.1) is 5.10 Å². The highest BCUT2D eigenvalue weighted by Crippen LogP contribution is 2.32. The first-order valence-corrected chi connectivity index (χ1v) is 5.80. The zero-order valence-electron chi connectivity index (χ0n) is 10.7. The first-order chi connectivity index (χ1) is 9.21. The van der Waals surface area contributed by atoms with Gasteiger partial charge in [0.15, 0.2) is 5.82 Å². The number of rotatable bonds is 2. The van der Waals surface area contributed by atoms with E-state index in [0.717, 1.165) is 10.7 Å². The van der Waals surface area contributed by atoms with Gasteiger partial charge in [-0.1, -0.05) is 19.1 Å². The first-order valence-electron chi connectivity index (χ1n) is 5.80. The van der Waals surface area contributed by atoms with Crippen LogP contribution in [0.5, 0.6) is 0 Å². The molecule has 108 valence electrons. The summed E-state index contributed by atoms with van der Waals surface area (Å²) >= 11 is 0. The molecule has 2 aromatic rings. The zero-order valence-corrected chi connectivity index (χ0v) is 10.7. The van der Waals surface area contributed by atoms with E-state index in [1.165, 1.54) is 0 Å². The van der Waals surface area contributed by atoms with Gasteiger partial charge in [-0.3, -0.25) is 0 Å². The van der Waals surface area contributed by atoms with E-state index in [1.807, 2.05) is 0 Å². The molecule has 2 rings (SSSR count). The maximum atomic E-state index is 13.8. The average molecular weight is 288 g/mol. The number of hydrogen-bond donors (Lipinski definition) is 1. The van der Waals surface area contributed by atoms with Gasteiger partial charge in [-0.25, -0.2) is 9.07 Å². The first kappa shape index (κ1) is 14.3. The Balaban J connectivity index is 2.64. The van der Waals surface area contributed by atoms with Crippen molar-refractivity contribution < 1.29 is 17.6 Å². The van der Waals surface area contributed by atoms with Crippen LogP contribution in [0.2, 0.25) is 0 Å². The topological polar surface area (TPSA) is 56.7 Å². The SMILES string of the molecule is CC(C)c1c(N)nnn1-c1cc(C(F)(F)F)ccc1F. The van der Waals surface area contributed by atoms with E-state index in [-0.39, 0.29) is 17.4 Å². The molecule has 0 radical (unpaired) electrons. The molecule has 0 fully saturated rings. The van der Waals surface area contributed by atoms with E-state index in [4.69, 9.17) is 5.73 Å². The van der Waals surface area contributed by atoms with Gasteiger partial charge in [-0.05, 0) is 24.1 Å². The van der Waals surface area contributed by atoms with Gasteiger partial charge >= 0.3 is 6.18 Å². The molecule has 0 unspecified atom stereocenters. The Morgan fingerprint density at radius 1 is 1.25 bits per heavy atom. The van der Waals surface area contributed by atoms with Crippen molar-refractivity contribution in [2.24, 2.45) is 0 Å². The summed E-state index contributed by atoms with van der Waals surface area (Å²) in [6, 6.07) is 2.11. The van der Waals surface area contributed by atoms with Gasteiger partial charge < -0.3 is 5.73 Å². The van der Waals surface area contributed by atoms with Crippen molar-refractivity contribution in [1.82, 2.24) is 15.0 Å². The molecule has 0 bridgehead atoms. The van der Waals surface area contributed by atoms with E-state index in [1.54, 1.807) is 13.8 Å². The lowest BCUT2D eigenvalue weighted by Crippen LogP contribution is -2.11. The Morgan fingerprint density at radius 3 is 2.45 bits per heavy atom. The van der Waals surface area contributed by atoms with E-state index in [0.29, 0.717) is 17.8 Å². The molecule has 0 spiro atoms. The molecule has 1 heterocycles. The molecule has 0 aliphatic carbocycles. The van der Waals surface area contributed by atoms with Crippen LogP contribution in [0.15, 0.2) is 18.2 Å². The van der Waals surface area contributed by atoms with Gasteiger partial charge in [0.2, 0.25) is 0 Å². The number of alkyl halides is 3. The minimum absolute atomic E-state index is 0.0665. The number of aromatic nitrogens is 3. The predicted octanol–water partition coefficient (Wildman–Crippen LogP) is 3.13. The quantitative estimate of drug-likeness (QED) is 0.864. The fourth-order valence-corrected chi connectivity index (χ4v) is 1.87. The molecule has 0 aliphatic heterocycles. The number of halogens is 4. The fraction of sp³-hybridized carbons (Fsp3) is 0.333. The summed E-state index contributed by atoms with van der Waals surface area (Å²) in [6.45, 7) is 3.52. The summed E-state index contributed by atoms with van der Waals surface area (Å²) in [4.78, 5) is 0. The standard InChI is InChI=1S/C12H12F4N4/c1-6(2)10-11(17)18-19-20(10)9-5-7(12(14,15)16)3-4-8(9)13/h3-6H,17H2,1-2H3. The van der Waals surface area contributed by atoms with Gasteiger partial charge in [0.1, 0.15) is 11.5 Å². The third kappa shape index (κ3) is 2.45. The lowest BCUT2D eigenvalue weighted by atomic mass is 10.1. The molecule has 0 atom stereocenters. The summed E-state index contributed by atoms with van der Waals surface area (Å²) in [5.74, 6) is -0.930. The van der Waals surface area contributed by atoms with Crippen molar-refractivity contribution in [2.75, 3.05) is 5.73 Å². The Kier molecular flexibility index (Phi) is 3.41. The summed E-state index contributed by atoms with van der Waals surface area (Å²) < 4.78 is 52.9. The van der Waals surface area contributed by atoms with Crippen molar-refractivity contribution in [1.29, 1.82) is 0 Å². The lowest BCUT2D eigenvalue weighted by Gasteiger charge is -2.13. The Morgan fingerprint density at radius 2 is 1.90 bits per heavy atom. The maximum Gasteiger partial charge on any atom is 0.416 e. The molecule has 1 aromatic carbocycles. The van der Waals surface area contributed by atoms with Crippen molar-refractivity contribution in [3.05, 3.63) is 35.3 Å². The van der Waals surface area contributed by atoms with Crippen LogP contribution >= 0.6 is 0 Å². The summed E-state index contributed by atoms with van der Waals surface area (Å²) in [5, 5.41) is 7.22. The molecule has 20 heavy (non-hydrogen) atoms. The molecule has 0 amide bonds. The van der Waals surface area contributed by atoms with Crippen molar-refractivity contribution in [2.45, 2.75) is 25.9 Å².